The standard InChI is InChI=1S/C12H7FO3S/c13-8-5-6-11-10(7-8)9-3-1-2-4-12(9)17(14,15)16-11/h1-7H. The van der Waals surface area contributed by atoms with E-state index in [-0.39, 0.29) is 10.6 Å². The molecule has 86 valence electrons. The van der Waals surface area contributed by atoms with Crippen LogP contribution >= 0.6 is 0 Å². The van der Waals surface area contributed by atoms with Crippen molar-refractivity contribution in [2.24, 2.45) is 0 Å². The highest BCUT2D eigenvalue weighted by molar-refractivity contribution is 7.87. The minimum atomic E-state index is -3.79. The number of hydrogen-bond donors (Lipinski definition) is 0. The zero-order valence-electron chi connectivity index (χ0n) is 8.55. The van der Waals surface area contributed by atoms with Crippen molar-refractivity contribution in [1.82, 2.24) is 0 Å². The maximum Gasteiger partial charge on any atom is 0.339 e. The number of halogens is 1. The number of benzene rings is 2. The maximum absolute atomic E-state index is 13.2. The molecule has 0 amide bonds. The first kappa shape index (κ1) is 10.3. The topological polar surface area (TPSA) is 43.4 Å². The quantitative estimate of drug-likeness (QED) is 0.675. The molecule has 5 heteroatoms. The molecule has 0 saturated heterocycles. The van der Waals surface area contributed by atoms with Gasteiger partial charge in [0.05, 0.1) is 0 Å². The van der Waals surface area contributed by atoms with E-state index in [0.29, 0.717) is 11.1 Å². The molecule has 0 atom stereocenters. The molecule has 0 radical (unpaired) electrons. The van der Waals surface area contributed by atoms with E-state index in [2.05, 4.69) is 0 Å². The fourth-order valence-corrected chi connectivity index (χ4v) is 3.02. The van der Waals surface area contributed by atoms with Crippen LogP contribution in [0, 0.1) is 5.82 Å². The van der Waals surface area contributed by atoms with Crippen LogP contribution in [0.1, 0.15) is 0 Å². The Balaban J connectivity index is 2.41. The largest absolute Gasteiger partial charge is 0.378 e. The fourth-order valence-electron chi connectivity index (χ4n) is 1.86. The predicted molar refractivity (Wildman–Crippen MR) is 59.6 cm³/mol. The zero-order chi connectivity index (χ0) is 12.0. The molecule has 0 aliphatic carbocycles. The first-order valence-corrected chi connectivity index (χ1v) is 6.32. The van der Waals surface area contributed by atoms with Crippen LogP contribution < -0.4 is 4.18 Å². The van der Waals surface area contributed by atoms with E-state index in [0.717, 1.165) is 0 Å². The summed E-state index contributed by atoms with van der Waals surface area (Å²) >= 11 is 0. The maximum atomic E-state index is 13.2. The molecule has 2 aromatic rings. The van der Waals surface area contributed by atoms with Gasteiger partial charge in [-0.1, -0.05) is 18.2 Å². The molecule has 3 rings (SSSR count). The van der Waals surface area contributed by atoms with Crippen LogP contribution in [0.25, 0.3) is 11.1 Å². The van der Waals surface area contributed by atoms with Crippen molar-refractivity contribution < 1.29 is 17.0 Å². The number of rotatable bonds is 0. The molecule has 0 saturated carbocycles. The van der Waals surface area contributed by atoms with Crippen LogP contribution in [-0.4, -0.2) is 8.42 Å². The molecule has 0 aromatic heterocycles. The van der Waals surface area contributed by atoms with Gasteiger partial charge < -0.3 is 4.18 Å². The monoisotopic (exact) mass is 250 g/mol. The van der Waals surface area contributed by atoms with Gasteiger partial charge in [0.25, 0.3) is 0 Å². The second-order valence-corrected chi connectivity index (χ2v) is 5.19. The van der Waals surface area contributed by atoms with Crippen molar-refractivity contribution in [3.63, 3.8) is 0 Å². The summed E-state index contributed by atoms with van der Waals surface area (Å²) in [5.41, 5.74) is 0.920. The lowest BCUT2D eigenvalue weighted by atomic mass is 10.0. The van der Waals surface area contributed by atoms with Crippen molar-refractivity contribution in [2.75, 3.05) is 0 Å². The fraction of sp³-hybridized carbons (Fsp3) is 0. The Labute approximate surface area is 97.6 Å². The number of fused-ring (bicyclic) bond motifs is 3. The first-order valence-electron chi connectivity index (χ1n) is 4.91. The van der Waals surface area contributed by atoms with Gasteiger partial charge in [-0.05, 0) is 24.3 Å². The van der Waals surface area contributed by atoms with E-state index >= 15 is 0 Å². The van der Waals surface area contributed by atoms with Gasteiger partial charge in [0.2, 0.25) is 0 Å². The molecule has 1 aliphatic heterocycles. The van der Waals surface area contributed by atoms with Gasteiger partial charge in [-0.15, -0.1) is 0 Å². The molecule has 1 heterocycles. The smallest absolute Gasteiger partial charge is 0.339 e. The summed E-state index contributed by atoms with van der Waals surface area (Å²) in [5.74, 6) is -0.272. The Kier molecular flexibility index (Phi) is 2.00. The Hall–Kier alpha value is -1.88. The van der Waals surface area contributed by atoms with Crippen LogP contribution in [0.15, 0.2) is 47.4 Å². The van der Waals surface area contributed by atoms with Crippen LogP contribution in [-0.2, 0) is 10.1 Å². The van der Waals surface area contributed by atoms with Crippen molar-refractivity contribution >= 4 is 10.1 Å². The minimum Gasteiger partial charge on any atom is -0.378 e. The molecular weight excluding hydrogens is 243 g/mol. The third kappa shape index (κ3) is 1.51. The van der Waals surface area contributed by atoms with Crippen LogP contribution in [0.3, 0.4) is 0 Å². The second kappa shape index (κ2) is 3.30. The molecular formula is C12H7FO3S. The molecule has 0 unspecified atom stereocenters. The highest BCUT2D eigenvalue weighted by Crippen LogP contribution is 2.40. The van der Waals surface area contributed by atoms with Crippen LogP contribution in [0.4, 0.5) is 4.39 Å². The Morgan fingerprint density at radius 2 is 1.76 bits per heavy atom. The molecule has 0 bridgehead atoms. The van der Waals surface area contributed by atoms with Crippen molar-refractivity contribution in [3.05, 3.63) is 48.3 Å². The van der Waals surface area contributed by atoms with Gasteiger partial charge in [-0.2, -0.15) is 8.42 Å². The van der Waals surface area contributed by atoms with Crippen molar-refractivity contribution in [2.45, 2.75) is 4.90 Å². The van der Waals surface area contributed by atoms with Gasteiger partial charge >= 0.3 is 10.1 Å². The normalized spacial score (nSPS) is 15.6. The average Bonchev–Trinajstić information content (AvgIpc) is 2.30. The average molecular weight is 250 g/mol. The van der Waals surface area contributed by atoms with Gasteiger partial charge in [0.15, 0.2) is 5.75 Å². The molecule has 0 fully saturated rings. The molecule has 2 aromatic carbocycles. The summed E-state index contributed by atoms with van der Waals surface area (Å²) in [4.78, 5) is 0.0677. The molecule has 17 heavy (non-hydrogen) atoms. The summed E-state index contributed by atoms with van der Waals surface area (Å²) in [6, 6.07) is 10.1. The summed E-state index contributed by atoms with van der Waals surface area (Å²) < 4.78 is 41.7. The van der Waals surface area contributed by atoms with Crippen molar-refractivity contribution in [3.8, 4) is 16.9 Å². The Morgan fingerprint density at radius 1 is 1.00 bits per heavy atom. The minimum absolute atomic E-state index is 0.0677. The number of hydrogen-bond acceptors (Lipinski definition) is 3. The summed E-state index contributed by atoms with van der Waals surface area (Å²) in [5, 5.41) is 0. The summed E-state index contributed by atoms with van der Waals surface area (Å²) in [6.07, 6.45) is 0. The predicted octanol–water partition coefficient (Wildman–Crippen LogP) is 2.57. The van der Waals surface area contributed by atoms with E-state index in [9.17, 15) is 12.8 Å². The summed E-state index contributed by atoms with van der Waals surface area (Å²) in [6.45, 7) is 0. The summed E-state index contributed by atoms with van der Waals surface area (Å²) in [7, 11) is -3.79. The van der Waals surface area contributed by atoms with E-state index in [1.165, 1.54) is 24.3 Å². The van der Waals surface area contributed by atoms with E-state index in [1.807, 2.05) is 0 Å². The van der Waals surface area contributed by atoms with Gasteiger partial charge in [-0.3, -0.25) is 0 Å². The third-order valence-corrected chi connectivity index (χ3v) is 3.88. The third-order valence-electron chi connectivity index (χ3n) is 2.59. The lowest BCUT2D eigenvalue weighted by Crippen LogP contribution is -2.15. The van der Waals surface area contributed by atoms with Crippen LogP contribution in [0.2, 0.25) is 0 Å². The van der Waals surface area contributed by atoms with Crippen molar-refractivity contribution in [1.29, 1.82) is 0 Å². The van der Waals surface area contributed by atoms with Gasteiger partial charge in [0.1, 0.15) is 10.7 Å². The van der Waals surface area contributed by atoms with E-state index < -0.39 is 15.9 Å². The Morgan fingerprint density at radius 3 is 2.59 bits per heavy atom. The van der Waals surface area contributed by atoms with Crippen LogP contribution in [0.5, 0.6) is 5.75 Å². The van der Waals surface area contributed by atoms with Gasteiger partial charge in [-0.25, -0.2) is 4.39 Å². The van der Waals surface area contributed by atoms with E-state index in [4.69, 9.17) is 4.18 Å². The lowest BCUT2D eigenvalue weighted by Gasteiger charge is -2.19. The SMILES string of the molecule is O=S1(=O)Oc2ccc(F)cc2-c2ccccc21. The lowest BCUT2D eigenvalue weighted by molar-refractivity contribution is 0.482. The molecule has 0 spiro atoms. The molecule has 3 nitrogen and oxygen atoms in total. The van der Waals surface area contributed by atoms with E-state index in [1.54, 1.807) is 18.2 Å². The second-order valence-electron chi connectivity index (χ2n) is 3.67. The highest BCUT2D eigenvalue weighted by atomic mass is 32.2. The van der Waals surface area contributed by atoms with Gasteiger partial charge in [0, 0.05) is 11.1 Å². The first-order chi connectivity index (χ1) is 8.08. The Bertz CT molecular complexity index is 707. The highest BCUT2D eigenvalue weighted by Gasteiger charge is 2.29. The zero-order valence-corrected chi connectivity index (χ0v) is 9.37. The molecule has 0 N–H and O–H groups in total. The molecule has 1 aliphatic rings.